The molecule has 0 radical (unpaired) electrons. The van der Waals surface area contributed by atoms with Crippen molar-refractivity contribution in [1.29, 1.82) is 0 Å². The van der Waals surface area contributed by atoms with Crippen LogP contribution in [-0.4, -0.2) is 30.1 Å². The number of anilines is 1. The molecule has 0 spiro atoms. The highest BCUT2D eigenvalue weighted by Crippen LogP contribution is 2.24. The number of pyridine rings is 1. The molecule has 136 valence electrons. The number of carbonyl (C=O) groups is 1. The van der Waals surface area contributed by atoms with Gasteiger partial charge in [0, 0.05) is 12.4 Å². The van der Waals surface area contributed by atoms with Crippen LogP contribution in [0.3, 0.4) is 0 Å². The summed E-state index contributed by atoms with van der Waals surface area (Å²) in [7, 11) is 0. The van der Waals surface area contributed by atoms with Gasteiger partial charge < -0.3 is 0 Å². The quantitative estimate of drug-likeness (QED) is 0.606. The molecule has 0 fully saturated rings. The van der Waals surface area contributed by atoms with Gasteiger partial charge in [-0.2, -0.15) is 9.50 Å². The first-order valence-electron chi connectivity index (χ1n) is 8.70. The number of carbonyl (C=O) groups excluding carboxylic acids is 1. The van der Waals surface area contributed by atoms with Crippen molar-refractivity contribution in [2.24, 2.45) is 0 Å². The van der Waals surface area contributed by atoms with E-state index >= 15 is 0 Å². The van der Waals surface area contributed by atoms with Gasteiger partial charge in [-0.05, 0) is 38.5 Å². The van der Waals surface area contributed by atoms with Crippen molar-refractivity contribution in [2.75, 3.05) is 5.32 Å². The van der Waals surface area contributed by atoms with Gasteiger partial charge in [0.1, 0.15) is 11.6 Å². The van der Waals surface area contributed by atoms with Crippen LogP contribution in [0.15, 0.2) is 60.9 Å². The van der Waals surface area contributed by atoms with Gasteiger partial charge in [-0.3, -0.25) is 14.7 Å². The maximum absolute atomic E-state index is 12.9. The zero-order valence-electron chi connectivity index (χ0n) is 15.4. The summed E-state index contributed by atoms with van der Waals surface area (Å²) in [4.78, 5) is 21.6. The lowest BCUT2D eigenvalue weighted by Crippen LogP contribution is -2.35. The first kappa shape index (κ1) is 17.0. The first-order valence-corrected chi connectivity index (χ1v) is 8.70. The monoisotopic (exact) mass is 360 g/mol. The van der Waals surface area contributed by atoms with Crippen LogP contribution in [-0.2, 0) is 10.2 Å². The van der Waals surface area contributed by atoms with Crippen LogP contribution in [0.2, 0.25) is 0 Å². The molecule has 7 nitrogen and oxygen atoms in total. The Labute approximate surface area is 156 Å². The fourth-order valence-electron chi connectivity index (χ4n) is 2.99. The molecule has 1 N–H and O–H groups in total. The third kappa shape index (κ3) is 2.97. The van der Waals surface area contributed by atoms with Crippen molar-refractivity contribution in [1.82, 2.24) is 24.1 Å². The second-order valence-corrected chi connectivity index (χ2v) is 6.88. The Morgan fingerprint density at radius 3 is 2.56 bits per heavy atom. The standard InChI is InChI=1S/C20H20N6O/c1-14-21-12-13-25(14)17-11-7-10-16-22-19(24-26(16)17)23-18(27)20(2,3)15-8-5-4-6-9-15/h4-13H,1-3H3,(H,23,24,27). The van der Waals surface area contributed by atoms with E-state index in [1.165, 1.54) is 0 Å². The molecule has 0 aliphatic carbocycles. The molecule has 27 heavy (non-hydrogen) atoms. The van der Waals surface area contributed by atoms with E-state index in [0.29, 0.717) is 5.65 Å². The van der Waals surface area contributed by atoms with E-state index in [2.05, 4.69) is 20.4 Å². The van der Waals surface area contributed by atoms with Gasteiger partial charge in [0.2, 0.25) is 11.9 Å². The van der Waals surface area contributed by atoms with Crippen LogP contribution in [0.5, 0.6) is 0 Å². The van der Waals surface area contributed by atoms with E-state index < -0.39 is 5.41 Å². The van der Waals surface area contributed by atoms with Gasteiger partial charge in [-0.25, -0.2) is 4.98 Å². The minimum Gasteiger partial charge on any atom is -0.292 e. The smallest absolute Gasteiger partial charge is 0.249 e. The van der Waals surface area contributed by atoms with Gasteiger partial charge in [0.15, 0.2) is 5.65 Å². The lowest BCUT2D eigenvalue weighted by Gasteiger charge is -2.23. The number of nitrogens with one attached hydrogen (secondary N) is 1. The summed E-state index contributed by atoms with van der Waals surface area (Å²) in [5.74, 6) is 1.76. The molecule has 0 saturated carbocycles. The number of nitrogens with zero attached hydrogens (tertiary/aromatic N) is 5. The normalized spacial score (nSPS) is 11.7. The SMILES string of the molecule is Cc1nccn1-c1cccc2nc(NC(=O)C(C)(C)c3ccccc3)nn12. The molecule has 7 heteroatoms. The topological polar surface area (TPSA) is 77.1 Å². The van der Waals surface area contributed by atoms with Crippen molar-refractivity contribution in [3.63, 3.8) is 0 Å². The Morgan fingerprint density at radius 2 is 1.85 bits per heavy atom. The second kappa shape index (κ2) is 6.35. The average molecular weight is 360 g/mol. The van der Waals surface area contributed by atoms with E-state index in [1.54, 1.807) is 10.7 Å². The third-order valence-corrected chi connectivity index (χ3v) is 4.70. The molecular weight excluding hydrogens is 340 g/mol. The number of rotatable bonds is 4. The van der Waals surface area contributed by atoms with Gasteiger partial charge in [0.25, 0.3) is 0 Å². The predicted octanol–water partition coefficient (Wildman–Crippen LogP) is 3.14. The molecule has 0 aliphatic heterocycles. The number of amides is 1. The number of hydrogen-bond acceptors (Lipinski definition) is 4. The number of imidazole rings is 1. The Hall–Kier alpha value is -3.48. The maximum atomic E-state index is 12.9. The lowest BCUT2D eigenvalue weighted by atomic mass is 9.84. The van der Waals surface area contributed by atoms with Crippen LogP contribution < -0.4 is 5.32 Å². The third-order valence-electron chi connectivity index (χ3n) is 4.70. The zero-order valence-corrected chi connectivity index (χ0v) is 15.4. The van der Waals surface area contributed by atoms with Crippen LogP contribution in [0.4, 0.5) is 5.95 Å². The molecule has 3 heterocycles. The number of hydrogen-bond donors (Lipinski definition) is 1. The lowest BCUT2D eigenvalue weighted by molar-refractivity contribution is -0.120. The highest BCUT2D eigenvalue weighted by atomic mass is 16.2. The Morgan fingerprint density at radius 1 is 1.07 bits per heavy atom. The largest absolute Gasteiger partial charge is 0.292 e. The molecule has 0 unspecified atom stereocenters. The maximum Gasteiger partial charge on any atom is 0.249 e. The summed E-state index contributed by atoms with van der Waals surface area (Å²) in [6.45, 7) is 5.68. The average Bonchev–Trinajstić information content (AvgIpc) is 3.27. The molecule has 0 aliphatic rings. The Bertz CT molecular complexity index is 1110. The van der Waals surface area contributed by atoms with E-state index in [0.717, 1.165) is 17.2 Å². The summed E-state index contributed by atoms with van der Waals surface area (Å²) in [6.07, 6.45) is 3.60. The van der Waals surface area contributed by atoms with Crippen molar-refractivity contribution in [3.05, 3.63) is 72.3 Å². The van der Waals surface area contributed by atoms with Crippen LogP contribution >= 0.6 is 0 Å². The van der Waals surface area contributed by atoms with Gasteiger partial charge in [-0.15, -0.1) is 5.10 Å². The number of fused-ring (bicyclic) bond motifs is 1. The van der Waals surface area contributed by atoms with E-state index in [9.17, 15) is 4.79 Å². The van der Waals surface area contributed by atoms with Crippen molar-refractivity contribution in [2.45, 2.75) is 26.2 Å². The minimum absolute atomic E-state index is 0.162. The molecule has 0 bridgehead atoms. The van der Waals surface area contributed by atoms with E-state index in [-0.39, 0.29) is 11.9 Å². The summed E-state index contributed by atoms with van der Waals surface area (Å²) in [5, 5.41) is 7.33. The molecule has 3 aromatic heterocycles. The van der Waals surface area contributed by atoms with Crippen molar-refractivity contribution >= 4 is 17.5 Å². The summed E-state index contributed by atoms with van der Waals surface area (Å²) >= 11 is 0. The fraction of sp³-hybridized carbons (Fsp3) is 0.200. The van der Waals surface area contributed by atoms with Crippen LogP contribution in [0, 0.1) is 6.92 Å². The van der Waals surface area contributed by atoms with Crippen molar-refractivity contribution in [3.8, 4) is 5.82 Å². The molecule has 1 aromatic carbocycles. The second-order valence-electron chi connectivity index (χ2n) is 6.88. The minimum atomic E-state index is -0.706. The summed E-state index contributed by atoms with van der Waals surface area (Å²) in [5.41, 5.74) is 0.872. The van der Waals surface area contributed by atoms with E-state index in [1.807, 2.05) is 80.1 Å². The van der Waals surface area contributed by atoms with E-state index in [4.69, 9.17) is 0 Å². The fourth-order valence-corrected chi connectivity index (χ4v) is 2.99. The molecule has 4 aromatic rings. The number of aryl methyl sites for hydroxylation is 1. The Kier molecular flexibility index (Phi) is 3.99. The highest BCUT2D eigenvalue weighted by molar-refractivity contribution is 5.97. The van der Waals surface area contributed by atoms with Gasteiger partial charge in [0.05, 0.1) is 5.41 Å². The molecule has 0 atom stereocenters. The molecule has 4 rings (SSSR count). The molecule has 0 saturated heterocycles. The number of aromatic nitrogens is 5. The molecular formula is C20H20N6O. The molecule has 1 amide bonds. The van der Waals surface area contributed by atoms with Crippen molar-refractivity contribution < 1.29 is 4.79 Å². The van der Waals surface area contributed by atoms with Crippen LogP contribution in [0.1, 0.15) is 25.2 Å². The number of benzene rings is 1. The first-order chi connectivity index (χ1) is 13.0. The van der Waals surface area contributed by atoms with Gasteiger partial charge in [-0.1, -0.05) is 36.4 Å². The summed E-state index contributed by atoms with van der Waals surface area (Å²) in [6, 6.07) is 15.3. The Balaban J connectivity index is 1.68. The zero-order chi connectivity index (χ0) is 19.0. The highest BCUT2D eigenvalue weighted by Gasteiger charge is 2.30. The predicted molar refractivity (Wildman–Crippen MR) is 103 cm³/mol. The summed E-state index contributed by atoms with van der Waals surface area (Å²) < 4.78 is 3.61. The van der Waals surface area contributed by atoms with Gasteiger partial charge >= 0.3 is 0 Å². The van der Waals surface area contributed by atoms with Crippen LogP contribution in [0.25, 0.3) is 11.5 Å².